The van der Waals surface area contributed by atoms with E-state index in [4.69, 9.17) is 0 Å². The summed E-state index contributed by atoms with van der Waals surface area (Å²) in [6.45, 7) is 4.32. The Morgan fingerprint density at radius 2 is 1.06 bits per heavy atom. The van der Waals surface area contributed by atoms with Gasteiger partial charge in [0.15, 0.2) is 0 Å². The van der Waals surface area contributed by atoms with E-state index >= 15 is 0 Å². The minimum absolute atomic E-state index is 0. The third-order valence-corrected chi connectivity index (χ3v) is 2.28. The Hall–Kier alpha value is -0.167. The Balaban J connectivity index is 0. The molecule has 0 spiro atoms. The molecule has 1 nitrogen and oxygen atoms in total. The van der Waals surface area contributed by atoms with Crippen LogP contribution in [0, 0.1) is 0 Å². The van der Waals surface area contributed by atoms with Crippen molar-refractivity contribution >= 4 is 11.9 Å². The first-order valence-electron chi connectivity index (χ1n) is 5.84. The quantitative estimate of drug-likeness (QED) is 0.717. The van der Waals surface area contributed by atoms with E-state index in [9.17, 15) is 0 Å². The number of hydrogen-bond acceptors (Lipinski definition) is 1. The number of rotatable bonds is 2. The van der Waals surface area contributed by atoms with Crippen LogP contribution in [-0.4, -0.2) is 7.11 Å². The molecule has 0 unspecified atom stereocenters. The van der Waals surface area contributed by atoms with Crippen molar-refractivity contribution in [3.8, 4) is 0 Å². The summed E-state index contributed by atoms with van der Waals surface area (Å²) in [7, 11) is 1.39. The SMILES string of the molecule is CC[c-]1cccc1.CC[c-]1cccc1.COCl.[Zr+2]. The molecule has 0 heterocycles. The predicted octanol–water partition coefficient (Wildman–Crippen LogP) is 4.72. The van der Waals surface area contributed by atoms with Crippen molar-refractivity contribution in [3.63, 3.8) is 0 Å². The third-order valence-electron chi connectivity index (χ3n) is 2.28. The molecule has 0 radical (unpaired) electrons. The molecular weight excluding hydrogens is 323 g/mol. The van der Waals surface area contributed by atoms with Crippen molar-refractivity contribution in [1.82, 2.24) is 0 Å². The number of halogens is 1. The first kappa shape index (κ1) is 20.2. The van der Waals surface area contributed by atoms with Gasteiger partial charge in [0.2, 0.25) is 0 Å². The molecule has 98 valence electrons. The Bertz CT molecular complexity index is 293. The van der Waals surface area contributed by atoms with Gasteiger partial charge in [-0.15, -0.1) is 0 Å². The third kappa shape index (κ3) is 11.0. The van der Waals surface area contributed by atoms with Gasteiger partial charge in [-0.3, -0.25) is 4.29 Å². The zero-order valence-corrected chi connectivity index (χ0v) is 14.5. The fourth-order valence-electron chi connectivity index (χ4n) is 1.30. The van der Waals surface area contributed by atoms with Crippen LogP contribution in [0.4, 0.5) is 0 Å². The van der Waals surface area contributed by atoms with Crippen LogP contribution in [0.25, 0.3) is 0 Å². The molecule has 0 aliphatic rings. The van der Waals surface area contributed by atoms with Crippen molar-refractivity contribution in [2.24, 2.45) is 0 Å². The second kappa shape index (κ2) is 14.9. The van der Waals surface area contributed by atoms with Crippen molar-refractivity contribution in [2.75, 3.05) is 7.11 Å². The molecule has 0 fully saturated rings. The van der Waals surface area contributed by atoms with Crippen LogP contribution in [0.2, 0.25) is 0 Å². The van der Waals surface area contributed by atoms with Gasteiger partial charge in [-0.2, -0.15) is 35.4 Å². The molecule has 0 saturated carbocycles. The second-order valence-electron chi connectivity index (χ2n) is 3.45. The Labute approximate surface area is 135 Å². The summed E-state index contributed by atoms with van der Waals surface area (Å²) < 4.78 is 3.72. The van der Waals surface area contributed by atoms with E-state index in [1.54, 1.807) is 0 Å². The first-order valence-corrected chi connectivity index (χ1v) is 6.15. The minimum atomic E-state index is 0. The smallest absolute Gasteiger partial charge is 0.283 e. The van der Waals surface area contributed by atoms with Crippen molar-refractivity contribution in [1.29, 1.82) is 0 Å². The van der Waals surface area contributed by atoms with Gasteiger partial charge in [-0.05, 0) is 0 Å². The standard InChI is InChI=1S/2C7H9.CH3ClO.Zr/c2*1-2-7-5-3-4-6-7;1-3-2;/h2*3-6H,2H2,1H3;1H3;/q2*-1;;+2. The molecule has 0 aliphatic carbocycles. The summed E-state index contributed by atoms with van der Waals surface area (Å²) in [5, 5.41) is 0. The average Bonchev–Trinajstić information content (AvgIpc) is 3.04. The fraction of sp³-hybridized carbons (Fsp3) is 0.333. The van der Waals surface area contributed by atoms with Crippen LogP contribution in [0.1, 0.15) is 25.0 Å². The summed E-state index contributed by atoms with van der Waals surface area (Å²) in [5.41, 5.74) is 2.86. The average molecular weight is 344 g/mol. The van der Waals surface area contributed by atoms with E-state index < -0.39 is 0 Å². The molecule has 0 amide bonds. The van der Waals surface area contributed by atoms with Crippen LogP contribution in [-0.2, 0) is 43.3 Å². The van der Waals surface area contributed by atoms with Gasteiger partial charge >= 0.3 is 26.2 Å². The second-order valence-corrected chi connectivity index (χ2v) is 3.76. The molecule has 2 aromatic rings. The first-order chi connectivity index (χ1) is 8.28. The van der Waals surface area contributed by atoms with Gasteiger partial charge in [0, 0.05) is 0 Å². The maximum atomic E-state index is 4.50. The molecule has 0 atom stereocenters. The largest absolute Gasteiger partial charge is 2.00 e. The summed E-state index contributed by atoms with van der Waals surface area (Å²) >= 11 is 4.50. The number of aryl methyl sites for hydroxylation is 2. The van der Waals surface area contributed by atoms with Crippen LogP contribution in [0.5, 0.6) is 0 Å². The predicted molar refractivity (Wildman–Crippen MR) is 75.7 cm³/mol. The van der Waals surface area contributed by atoms with Gasteiger partial charge in [-0.1, -0.05) is 26.7 Å². The molecule has 2 rings (SSSR count). The Morgan fingerprint density at radius 3 is 1.17 bits per heavy atom. The molecule has 3 heteroatoms. The van der Waals surface area contributed by atoms with E-state index in [2.05, 4.69) is 78.5 Å². The Morgan fingerprint density at radius 1 is 0.833 bits per heavy atom. The van der Waals surface area contributed by atoms with Crippen LogP contribution in [0.15, 0.2) is 48.5 Å². The van der Waals surface area contributed by atoms with Crippen LogP contribution < -0.4 is 0 Å². The number of hydrogen-bond donors (Lipinski definition) is 0. The van der Waals surface area contributed by atoms with Crippen molar-refractivity contribution in [2.45, 2.75) is 26.7 Å². The molecule has 0 bridgehead atoms. The van der Waals surface area contributed by atoms with Gasteiger partial charge < -0.3 is 0 Å². The van der Waals surface area contributed by atoms with Crippen molar-refractivity contribution < 1.29 is 30.5 Å². The summed E-state index contributed by atoms with van der Waals surface area (Å²) in [6.07, 6.45) is 2.32. The zero-order chi connectivity index (χ0) is 12.9. The summed E-state index contributed by atoms with van der Waals surface area (Å²) in [6, 6.07) is 16.8. The molecule has 2 aromatic carbocycles. The van der Waals surface area contributed by atoms with E-state index in [1.807, 2.05) is 0 Å². The van der Waals surface area contributed by atoms with Crippen molar-refractivity contribution in [3.05, 3.63) is 59.7 Å². The van der Waals surface area contributed by atoms with Gasteiger partial charge in [0.05, 0.1) is 19.0 Å². The van der Waals surface area contributed by atoms with Gasteiger partial charge in [0.25, 0.3) is 0 Å². The molecule has 0 saturated heterocycles. The van der Waals surface area contributed by atoms with E-state index in [0.29, 0.717) is 0 Å². The van der Waals surface area contributed by atoms with E-state index in [0.717, 1.165) is 12.8 Å². The molecular formula is C15H21ClOZr. The minimum Gasteiger partial charge on any atom is -0.283 e. The van der Waals surface area contributed by atoms with Crippen LogP contribution >= 0.6 is 11.9 Å². The van der Waals surface area contributed by atoms with E-state index in [1.165, 1.54) is 18.2 Å². The monoisotopic (exact) mass is 342 g/mol. The Kier molecular flexibility index (Phi) is 16.7. The maximum absolute atomic E-state index is 4.50. The molecule has 0 N–H and O–H groups in total. The topological polar surface area (TPSA) is 9.23 Å². The van der Waals surface area contributed by atoms with Gasteiger partial charge in [0.1, 0.15) is 0 Å². The van der Waals surface area contributed by atoms with Crippen LogP contribution in [0.3, 0.4) is 0 Å². The maximum Gasteiger partial charge on any atom is 2.00 e. The zero-order valence-electron chi connectivity index (χ0n) is 11.3. The molecule has 0 aromatic heterocycles. The summed E-state index contributed by atoms with van der Waals surface area (Å²) in [5.74, 6) is 0. The van der Waals surface area contributed by atoms with E-state index in [-0.39, 0.29) is 26.2 Å². The summed E-state index contributed by atoms with van der Waals surface area (Å²) in [4.78, 5) is 0. The normalized spacial score (nSPS) is 8.22. The molecule has 18 heavy (non-hydrogen) atoms. The van der Waals surface area contributed by atoms with Gasteiger partial charge in [-0.25, -0.2) is 24.3 Å². The molecule has 0 aliphatic heterocycles. The fourth-order valence-corrected chi connectivity index (χ4v) is 1.30.